The van der Waals surface area contributed by atoms with Crippen LogP contribution in [0.25, 0.3) is 0 Å². The average molecular weight is 222 g/mol. The van der Waals surface area contributed by atoms with Crippen LogP contribution in [0.3, 0.4) is 0 Å². The molecule has 0 atom stereocenters. The third kappa shape index (κ3) is 2.22. The lowest BCUT2D eigenvalue weighted by Crippen LogP contribution is -2.40. The second-order valence-corrected chi connectivity index (χ2v) is 4.12. The molecule has 0 bridgehead atoms. The van der Waals surface area contributed by atoms with Crippen LogP contribution in [0.2, 0.25) is 0 Å². The lowest BCUT2D eigenvalue weighted by atomic mass is 9.89. The molecule has 0 aliphatic heterocycles. The Morgan fingerprint density at radius 1 is 1.31 bits per heavy atom. The first-order valence-electron chi connectivity index (χ1n) is 5.45. The maximum Gasteiger partial charge on any atom is 0.121 e. The number of ether oxygens (including phenoxy) is 2. The van der Waals surface area contributed by atoms with E-state index in [2.05, 4.69) is 5.32 Å². The van der Waals surface area contributed by atoms with Gasteiger partial charge in [0.05, 0.1) is 24.6 Å². The molecule has 1 aliphatic carbocycles. The minimum absolute atomic E-state index is 0.400. The first-order valence-corrected chi connectivity index (χ1v) is 5.45. The van der Waals surface area contributed by atoms with Gasteiger partial charge in [-0.3, -0.25) is 0 Å². The molecule has 1 aliphatic rings. The van der Waals surface area contributed by atoms with Crippen LogP contribution >= 0.6 is 0 Å². The Morgan fingerprint density at radius 3 is 2.62 bits per heavy atom. The summed E-state index contributed by atoms with van der Waals surface area (Å²) in [5.41, 5.74) is 7.61. The molecule has 1 fully saturated rings. The summed E-state index contributed by atoms with van der Waals surface area (Å²) in [6, 6.07) is 6.16. The van der Waals surface area contributed by atoms with E-state index in [0.29, 0.717) is 12.1 Å². The average Bonchev–Trinajstić information content (AvgIpc) is 2.24. The van der Waals surface area contributed by atoms with Crippen molar-refractivity contribution in [1.29, 1.82) is 0 Å². The second-order valence-electron chi connectivity index (χ2n) is 4.12. The first-order chi connectivity index (χ1) is 7.72. The highest BCUT2D eigenvalue weighted by molar-refractivity contribution is 5.68. The normalized spacial score (nSPS) is 23.6. The molecule has 4 nitrogen and oxygen atoms in total. The van der Waals surface area contributed by atoms with Gasteiger partial charge in [0.25, 0.3) is 0 Å². The van der Waals surface area contributed by atoms with Crippen molar-refractivity contribution in [3.8, 4) is 5.75 Å². The summed E-state index contributed by atoms with van der Waals surface area (Å²) in [5, 5.41) is 3.40. The van der Waals surface area contributed by atoms with Gasteiger partial charge in [-0.2, -0.15) is 0 Å². The first kappa shape index (κ1) is 11.1. The zero-order valence-electron chi connectivity index (χ0n) is 9.69. The molecular formula is C12H18N2O2. The molecule has 0 amide bonds. The van der Waals surface area contributed by atoms with Gasteiger partial charge in [0.15, 0.2) is 0 Å². The van der Waals surface area contributed by atoms with E-state index >= 15 is 0 Å². The fraction of sp³-hybridized carbons (Fsp3) is 0.500. The van der Waals surface area contributed by atoms with Crippen molar-refractivity contribution in [2.24, 2.45) is 0 Å². The molecule has 0 heterocycles. The minimum atomic E-state index is 0.400. The topological polar surface area (TPSA) is 56.5 Å². The van der Waals surface area contributed by atoms with Gasteiger partial charge in [-0.1, -0.05) is 0 Å². The summed E-state index contributed by atoms with van der Waals surface area (Å²) >= 11 is 0. The fourth-order valence-corrected chi connectivity index (χ4v) is 1.90. The molecule has 0 aromatic heterocycles. The number of benzene rings is 1. The van der Waals surface area contributed by atoms with Crippen molar-refractivity contribution < 1.29 is 9.47 Å². The fourth-order valence-electron chi connectivity index (χ4n) is 1.90. The van der Waals surface area contributed by atoms with Crippen molar-refractivity contribution >= 4 is 11.4 Å². The largest absolute Gasteiger partial charge is 0.497 e. The molecule has 3 N–H and O–H groups in total. The van der Waals surface area contributed by atoms with Crippen LogP contribution in [0.15, 0.2) is 18.2 Å². The second kappa shape index (κ2) is 4.61. The molecule has 1 aromatic rings. The van der Waals surface area contributed by atoms with Crippen LogP contribution in [-0.2, 0) is 4.74 Å². The third-order valence-electron chi connectivity index (χ3n) is 3.05. The van der Waals surface area contributed by atoms with Gasteiger partial charge in [0.1, 0.15) is 5.75 Å². The number of nitrogens with two attached hydrogens (primary N) is 1. The van der Waals surface area contributed by atoms with E-state index in [1.807, 2.05) is 18.2 Å². The van der Waals surface area contributed by atoms with Crippen LogP contribution in [0, 0.1) is 0 Å². The van der Waals surface area contributed by atoms with E-state index in [-0.39, 0.29) is 0 Å². The van der Waals surface area contributed by atoms with Crippen LogP contribution in [0.1, 0.15) is 12.8 Å². The number of nitrogen functional groups attached to an aromatic ring is 1. The van der Waals surface area contributed by atoms with Crippen LogP contribution in [0.4, 0.5) is 11.4 Å². The van der Waals surface area contributed by atoms with Gasteiger partial charge in [-0.05, 0) is 25.0 Å². The van der Waals surface area contributed by atoms with E-state index in [4.69, 9.17) is 15.2 Å². The lowest BCUT2D eigenvalue weighted by Gasteiger charge is -2.35. The van der Waals surface area contributed by atoms with Crippen molar-refractivity contribution in [2.45, 2.75) is 25.0 Å². The van der Waals surface area contributed by atoms with Crippen molar-refractivity contribution in [2.75, 3.05) is 25.3 Å². The molecule has 1 saturated carbocycles. The quantitative estimate of drug-likeness (QED) is 0.763. The number of anilines is 2. The molecule has 0 radical (unpaired) electrons. The van der Waals surface area contributed by atoms with Gasteiger partial charge < -0.3 is 20.5 Å². The number of rotatable bonds is 4. The zero-order valence-corrected chi connectivity index (χ0v) is 9.69. The summed E-state index contributed by atoms with van der Waals surface area (Å²) in [4.78, 5) is 0. The van der Waals surface area contributed by atoms with Gasteiger partial charge in [-0.15, -0.1) is 0 Å². The summed E-state index contributed by atoms with van der Waals surface area (Å²) in [5.74, 6) is 0.784. The number of methoxy groups -OCH3 is 2. The van der Waals surface area contributed by atoms with Crippen LogP contribution < -0.4 is 15.8 Å². The standard InChI is InChI=1S/C12H18N2O2/c1-15-9-3-4-12(11(13)7-9)14-8-5-10(6-8)16-2/h3-4,7-8,10,14H,5-6,13H2,1-2H3. The van der Waals surface area contributed by atoms with Crippen LogP contribution in [0.5, 0.6) is 5.75 Å². The molecule has 0 unspecified atom stereocenters. The Bertz CT molecular complexity index is 362. The highest BCUT2D eigenvalue weighted by Gasteiger charge is 2.28. The third-order valence-corrected chi connectivity index (χ3v) is 3.05. The molecule has 2 rings (SSSR count). The Hall–Kier alpha value is -1.42. The minimum Gasteiger partial charge on any atom is -0.497 e. The summed E-state index contributed by atoms with van der Waals surface area (Å²) in [6.07, 6.45) is 2.49. The van der Waals surface area contributed by atoms with E-state index in [9.17, 15) is 0 Å². The van der Waals surface area contributed by atoms with Gasteiger partial charge in [0, 0.05) is 19.2 Å². The molecule has 4 heteroatoms. The Balaban J connectivity index is 1.95. The predicted molar refractivity (Wildman–Crippen MR) is 64.8 cm³/mol. The van der Waals surface area contributed by atoms with E-state index in [1.165, 1.54) is 0 Å². The number of hydrogen-bond acceptors (Lipinski definition) is 4. The van der Waals surface area contributed by atoms with Gasteiger partial charge in [-0.25, -0.2) is 0 Å². The van der Waals surface area contributed by atoms with Gasteiger partial charge >= 0.3 is 0 Å². The lowest BCUT2D eigenvalue weighted by molar-refractivity contribution is 0.0329. The summed E-state index contributed by atoms with van der Waals surface area (Å²) in [7, 11) is 3.39. The van der Waals surface area contributed by atoms with E-state index in [0.717, 1.165) is 30.0 Å². The molecule has 16 heavy (non-hydrogen) atoms. The molecular weight excluding hydrogens is 204 g/mol. The SMILES string of the molecule is COc1ccc(NC2CC(OC)C2)c(N)c1. The molecule has 0 spiro atoms. The number of hydrogen-bond donors (Lipinski definition) is 2. The van der Waals surface area contributed by atoms with E-state index in [1.54, 1.807) is 14.2 Å². The molecule has 0 saturated heterocycles. The van der Waals surface area contributed by atoms with Crippen molar-refractivity contribution in [3.05, 3.63) is 18.2 Å². The molecule has 88 valence electrons. The summed E-state index contributed by atoms with van der Waals surface area (Å²) in [6.45, 7) is 0. The van der Waals surface area contributed by atoms with Crippen LogP contribution in [-0.4, -0.2) is 26.4 Å². The van der Waals surface area contributed by atoms with Crippen molar-refractivity contribution in [1.82, 2.24) is 0 Å². The monoisotopic (exact) mass is 222 g/mol. The Kier molecular flexibility index (Phi) is 3.19. The smallest absolute Gasteiger partial charge is 0.121 e. The Morgan fingerprint density at radius 2 is 2.06 bits per heavy atom. The number of nitrogens with one attached hydrogen (secondary N) is 1. The van der Waals surface area contributed by atoms with E-state index < -0.39 is 0 Å². The highest BCUT2D eigenvalue weighted by atomic mass is 16.5. The zero-order chi connectivity index (χ0) is 11.5. The Labute approximate surface area is 95.7 Å². The maximum absolute atomic E-state index is 5.92. The maximum atomic E-state index is 5.92. The van der Waals surface area contributed by atoms with Gasteiger partial charge in [0.2, 0.25) is 0 Å². The van der Waals surface area contributed by atoms with Crippen molar-refractivity contribution in [3.63, 3.8) is 0 Å². The summed E-state index contributed by atoms with van der Waals surface area (Å²) < 4.78 is 10.3. The highest BCUT2D eigenvalue weighted by Crippen LogP contribution is 2.30. The predicted octanol–water partition coefficient (Wildman–Crippen LogP) is 1.87. The molecule has 1 aromatic carbocycles.